The van der Waals surface area contributed by atoms with Gasteiger partial charge >= 0.3 is 0 Å². The van der Waals surface area contributed by atoms with E-state index in [0.29, 0.717) is 6.54 Å². The Morgan fingerprint density at radius 1 is 1.80 bits per heavy atom. The van der Waals surface area contributed by atoms with Gasteiger partial charge in [-0.1, -0.05) is 0 Å². The standard InChI is InChI=1S/C6H13N3S/c1-5(4-8-7-3)9-6(2)10/h5,8H,3-4H2,1-2H3,(H,9,10). The molecule has 0 saturated heterocycles. The first-order valence-corrected chi connectivity index (χ1v) is 3.53. The number of thiol groups is 1. The Bertz CT molecular complexity index is 129. The molecule has 0 aliphatic heterocycles. The lowest BCUT2D eigenvalue weighted by molar-refractivity contribution is 0.639. The summed E-state index contributed by atoms with van der Waals surface area (Å²) in [4.78, 5) is 4.15. The Balaban J connectivity index is 3.52. The molecule has 0 spiro atoms. The van der Waals surface area contributed by atoms with Crippen LogP contribution in [0.5, 0.6) is 0 Å². The lowest BCUT2D eigenvalue weighted by atomic mass is 10.4. The van der Waals surface area contributed by atoms with Crippen molar-refractivity contribution in [2.45, 2.75) is 19.9 Å². The van der Waals surface area contributed by atoms with Gasteiger partial charge in [0.1, 0.15) is 0 Å². The fourth-order valence-electron chi connectivity index (χ4n) is 0.561. The second kappa shape index (κ2) is 5.29. The maximum atomic E-state index is 4.15. The van der Waals surface area contributed by atoms with Crippen molar-refractivity contribution in [1.29, 1.82) is 0 Å². The van der Waals surface area contributed by atoms with Gasteiger partial charge in [0.25, 0.3) is 0 Å². The Hall–Kier alpha value is -0.510. The molecule has 58 valence electrons. The molecule has 10 heavy (non-hydrogen) atoms. The predicted octanol–water partition coefficient (Wildman–Crippen LogP) is 0.928. The predicted molar refractivity (Wildman–Crippen MR) is 49.1 cm³/mol. The minimum absolute atomic E-state index is 0.211. The van der Waals surface area contributed by atoms with Gasteiger partial charge in [0.2, 0.25) is 0 Å². The third-order valence-electron chi connectivity index (χ3n) is 0.906. The lowest BCUT2D eigenvalue weighted by Gasteiger charge is -2.04. The van der Waals surface area contributed by atoms with E-state index in [2.05, 4.69) is 34.9 Å². The van der Waals surface area contributed by atoms with E-state index in [9.17, 15) is 0 Å². The molecular weight excluding hydrogens is 146 g/mol. The number of nitrogens with zero attached hydrogens (tertiary/aromatic N) is 2. The summed E-state index contributed by atoms with van der Waals surface area (Å²) < 4.78 is 0. The lowest BCUT2D eigenvalue weighted by Crippen LogP contribution is -2.18. The number of hydrazone groups is 1. The molecular formula is C6H13N3S. The van der Waals surface area contributed by atoms with Gasteiger partial charge in [0.05, 0.1) is 17.6 Å². The Morgan fingerprint density at radius 3 is 2.80 bits per heavy atom. The van der Waals surface area contributed by atoms with Crippen molar-refractivity contribution in [3.05, 3.63) is 0 Å². The highest BCUT2D eigenvalue weighted by Crippen LogP contribution is 1.91. The molecule has 0 amide bonds. The molecule has 0 radical (unpaired) electrons. The molecule has 1 atom stereocenters. The average molecular weight is 159 g/mol. The van der Waals surface area contributed by atoms with Crippen molar-refractivity contribution < 1.29 is 0 Å². The molecule has 0 aromatic rings. The van der Waals surface area contributed by atoms with Crippen LogP contribution in [0, 0.1) is 0 Å². The summed E-state index contributed by atoms with van der Waals surface area (Å²) in [5.41, 5.74) is 2.73. The summed E-state index contributed by atoms with van der Waals surface area (Å²) in [7, 11) is 0. The van der Waals surface area contributed by atoms with Crippen LogP contribution in [0.3, 0.4) is 0 Å². The first kappa shape index (κ1) is 9.49. The minimum atomic E-state index is 0.211. The van der Waals surface area contributed by atoms with Gasteiger partial charge < -0.3 is 5.43 Å². The molecule has 0 heterocycles. The molecule has 0 aromatic heterocycles. The van der Waals surface area contributed by atoms with E-state index < -0.39 is 0 Å². The highest BCUT2D eigenvalue weighted by atomic mass is 32.1. The Kier molecular flexibility index (Phi) is 5.02. The Labute approximate surface area is 67.0 Å². The van der Waals surface area contributed by atoms with E-state index >= 15 is 0 Å². The molecule has 0 aromatic carbocycles. The molecule has 0 aliphatic rings. The van der Waals surface area contributed by atoms with Gasteiger partial charge in [0, 0.05) is 6.72 Å². The zero-order chi connectivity index (χ0) is 7.98. The second-order valence-electron chi connectivity index (χ2n) is 2.05. The monoisotopic (exact) mass is 159 g/mol. The van der Waals surface area contributed by atoms with Gasteiger partial charge in [-0.2, -0.15) is 5.10 Å². The highest BCUT2D eigenvalue weighted by Gasteiger charge is 1.95. The van der Waals surface area contributed by atoms with Crippen LogP contribution in [0.2, 0.25) is 0 Å². The van der Waals surface area contributed by atoms with E-state index in [4.69, 9.17) is 0 Å². The van der Waals surface area contributed by atoms with E-state index in [1.807, 2.05) is 13.8 Å². The molecule has 0 fully saturated rings. The molecule has 0 rings (SSSR count). The van der Waals surface area contributed by atoms with E-state index in [-0.39, 0.29) is 6.04 Å². The summed E-state index contributed by atoms with van der Waals surface area (Å²) in [6.45, 7) is 7.83. The molecule has 4 heteroatoms. The van der Waals surface area contributed by atoms with Gasteiger partial charge in [0.15, 0.2) is 0 Å². The SMILES string of the molecule is C=NNCC(C)/N=C(/C)S. The largest absolute Gasteiger partial charge is 0.309 e. The number of aliphatic imine (C=N–C) groups is 1. The van der Waals surface area contributed by atoms with E-state index in [0.717, 1.165) is 5.04 Å². The topological polar surface area (TPSA) is 36.8 Å². The quantitative estimate of drug-likeness (QED) is 0.272. The summed E-state index contributed by atoms with van der Waals surface area (Å²) >= 11 is 4.04. The third-order valence-corrected chi connectivity index (χ3v) is 1.02. The summed E-state index contributed by atoms with van der Waals surface area (Å²) in [6, 6.07) is 0.211. The smallest absolute Gasteiger partial charge is 0.0669 e. The molecule has 3 nitrogen and oxygen atoms in total. The zero-order valence-electron chi connectivity index (χ0n) is 6.33. The molecule has 0 bridgehead atoms. The van der Waals surface area contributed by atoms with Gasteiger partial charge in [-0.25, -0.2) is 0 Å². The van der Waals surface area contributed by atoms with Crippen molar-refractivity contribution >= 4 is 24.4 Å². The number of hydrogen-bond acceptors (Lipinski definition) is 3. The highest BCUT2D eigenvalue weighted by molar-refractivity contribution is 7.96. The van der Waals surface area contributed by atoms with Gasteiger partial charge in [-0.3, -0.25) is 4.99 Å². The minimum Gasteiger partial charge on any atom is -0.309 e. The molecule has 0 saturated carbocycles. The van der Waals surface area contributed by atoms with Crippen LogP contribution < -0.4 is 5.43 Å². The van der Waals surface area contributed by atoms with Crippen LogP contribution in [0.15, 0.2) is 10.1 Å². The van der Waals surface area contributed by atoms with Crippen molar-refractivity contribution in [1.82, 2.24) is 5.43 Å². The first-order chi connectivity index (χ1) is 4.66. The Morgan fingerprint density at radius 2 is 2.40 bits per heavy atom. The second-order valence-corrected chi connectivity index (χ2v) is 2.69. The summed E-state index contributed by atoms with van der Waals surface area (Å²) in [5.74, 6) is 0. The molecule has 1 unspecified atom stereocenters. The van der Waals surface area contributed by atoms with Crippen molar-refractivity contribution in [2.24, 2.45) is 10.1 Å². The fourth-order valence-corrected chi connectivity index (χ4v) is 0.758. The molecule has 0 aliphatic carbocycles. The maximum absolute atomic E-state index is 4.15. The number of rotatable bonds is 4. The summed E-state index contributed by atoms with van der Waals surface area (Å²) in [5, 5.41) is 4.28. The van der Waals surface area contributed by atoms with Gasteiger partial charge in [-0.15, -0.1) is 12.6 Å². The van der Waals surface area contributed by atoms with Crippen molar-refractivity contribution in [3.63, 3.8) is 0 Å². The van der Waals surface area contributed by atoms with Crippen LogP contribution in [0.1, 0.15) is 13.8 Å². The average Bonchev–Trinajstić information content (AvgIpc) is 1.82. The number of hydrogen-bond donors (Lipinski definition) is 2. The van der Waals surface area contributed by atoms with Crippen LogP contribution in [-0.2, 0) is 0 Å². The van der Waals surface area contributed by atoms with Crippen molar-refractivity contribution in [3.8, 4) is 0 Å². The molecule has 1 N–H and O–H groups in total. The van der Waals surface area contributed by atoms with Gasteiger partial charge in [-0.05, 0) is 13.8 Å². The normalized spacial score (nSPS) is 14.5. The number of nitrogens with one attached hydrogen (secondary N) is 1. The fraction of sp³-hybridized carbons (Fsp3) is 0.667. The van der Waals surface area contributed by atoms with Crippen molar-refractivity contribution in [2.75, 3.05) is 6.54 Å². The van der Waals surface area contributed by atoms with Crippen LogP contribution >= 0.6 is 12.6 Å². The maximum Gasteiger partial charge on any atom is 0.0669 e. The van der Waals surface area contributed by atoms with E-state index in [1.165, 1.54) is 0 Å². The van der Waals surface area contributed by atoms with Crippen LogP contribution in [0.4, 0.5) is 0 Å². The zero-order valence-corrected chi connectivity index (χ0v) is 7.23. The van der Waals surface area contributed by atoms with Crippen LogP contribution in [-0.4, -0.2) is 24.3 Å². The third kappa shape index (κ3) is 5.62. The summed E-state index contributed by atoms with van der Waals surface area (Å²) in [6.07, 6.45) is 0. The first-order valence-electron chi connectivity index (χ1n) is 3.08. The van der Waals surface area contributed by atoms with Crippen LogP contribution in [0.25, 0.3) is 0 Å². The van der Waals surface area contributed by atoms with E-state index in [1.54, 1.807) is 0 Å².